The van der Waals surface area contributed by atoms with Crippen LogP contribution in [0.1, 0.15) is 45.4 Å². The minimum absolute atomic E-state index is 0.189. The van der Waals surface area contributed by atoms with Crippen LogP contribution in [0.15, 0.2) is 0 Å². The fourth-order valence-electron chi connectivity index (χ4n) is 1.52. The van der Waals surface area contributed by atoms with E-state index < -0.39 is 12.0 Å². The van der Waals surface area contributed by atoms with E-state index in [2.05, 4.69) is 17.6 Å². The van der Waals surface area contributed by atoms with Crippen LogP contribution in [0.4, 0.5) is 0 Å². The monoisotopic (exact) mass is 258 g/mol. The number of carbonyl (C=O) groups excluding carboxylic acids is 2. The van der Waals surface area contributed by atoms with Crippen LogP contribution in [0.2, 0.25) is 0 Å². The summed E-state index contributed by atoms with van der Waals surface area (Å²) < 4.78 is 0. The summed E-state index contributed by atoms with van der Waals surface area (Å²) in [6, 6.07) is -0.934. The number of carbonyl (C=O) groups is 3. The van der Waals surface area contributed by atoms with Gasteiger partial charge < -0.3 is 15.7 Å². The number of hydrogen-bond acceptors (Lipinski definition) is 3. The first-order valence-electron chi connectivity index (χ1n) is 6.31. The molecular weight excluding hydrogens is 236 g/mol. The quantitative estimate of drug-likeness (QED) is 0.375. The second-order valence-electron chi connectivity index (χ2n) is 4.13. The first kappa shape index (κ1) is 16.4. The zero-order valence-electron chi connectivity index (χ0n) is 10.8. The largest absolute Gasteiger partial charge is 0.480 e. The number of carboxylic acid groups (broad SMARTS) is 1. The van der Waals surface area contributed by atoms with Crippen molar-refractivity contribution in [1.29, 1.82) is 0 Å². The van der Waals surface area contributed by atoms with Gasteiger partial charge in [0.05, 0.1) is 0 Å². The van der Waals surface area contributed by atoms with E-state index >= 15 is 0 Å². The van der Waals surface area contributed by atoms with Crippen molar-refractivity contribution in [3.05, 3.63) is 0 Å². The molecule has 0 heterocycles. The van der Waals surface area contributed by atoms with Crippen molar-refractivity contribution < 1.29 is 19.5 Å². The first-order valence-corrected chi connectivity index (χ1v) is 6.31. The fraction of sp³-hybridized carbons (Fsp3) is 0.750. The summed E-state index contributed by atoms with van der Waals surface area (Å²) in [4.78, 5) is 32.4. The van der Waals surface area contributed by atoms with Gasteiger partial charge in [-0.1, -0.05) is 26.2 Å². The number of nitrogens with one attached hydrogen (secondary N) is 2. The molecule has 6 heteroatoms. The van der Waals surface area contributed by atoms with Crippen molar-refractivity contribution in [2.24, 2.45) is 0 Å². The molecule has 104 valence electrons. The van der Waals surface area contributed by atoms with Crippen LogP contribution >= 0.6 is 0 Å². The summed E-state index contributed by atoms with van der Waals surface area (Å²) in [6.07, 6.45) is 4.98. The zero-order valence-corrected chi connectivity index (χ0v) is 10.8. The van der Waals surface area contributed by atoms with Crippen molar-refractivity contribution >= 4 is 18.3 Å². The minimum Gasteiger partial charge on any atom is -0.480 e. The van der Waals surface area contributed by atoms with Gasteiger partial charge in [-0.2, -0.15) is 0 Å². The van der Waals surface area contributed by atoms with E-state index in [-0.39, 0.29) is 18.9 Å². The Kier molecular flexibility index (Phi) is 9.62. The topological polar surface area (TPSA) is 95.5 Å². The molecule has 1 unspecified atom stereocenters. The fourth-order valence-corrected chi connectivity index (χ4v) is 1.52. The lowest BCUT2D eigenvalue weighted by Gasteiger charge is -2.14. The molecular formula is C12H22N2O4. The Balaban J connectivity index is 3.88. The maximum Gasteiger partial charge on any atom is 0.326 e. The molecule has 0 saturated heterocycles. The third-order valence-electron chi connectivity index (χ3n) is 2.55. The van der Waals surface area contributed by atoms with Gasteiger partial charge in [0.15, 0.2) is 0 Å². The summed E-state index contributed by atoms with van der Waals surface area (Å²) in [5, 5.41) is 13.7. The van der Waals surface area contributed by atoms with Gasteiger partial charge in [-0.05, 0) is 12.8 Å². The molecule has 2 amide bonds. The second-order valence-corrected chi connectivity index (χ2v) is 4.13. The number of aliphatic carboxylic acids is 1. The Labute approximate surface area is 107 Å². The maximum absolute atomic E-state index is 11.5. The van der Waals surface area contributed by atoms with Crippen molar-refractivity contribution in [2.75, 3.05) is 6.54 Å². The molecule has 0 radical (unpaired) electrons. The van der Waals surface area contributed by atoms with E-state index in [1.807, 2.05) is 0 Å². The predicted octanol–water partition coefficient (Wildman–Crippen LogP) is 0.662. The summed E-state index contributed by atoms with van der Waals surface area (Å²) in [5.41, 5.74) is 0. The van der Waals surface area contributed by atoms with Crippen LogP contribution in [-0.2, 0) is 14.4 Å². The molecule has 18 heavy (non-hydrogen) atoms. The van der Waals surface area contributed by atoms with Gasteiger partial charge in [-0.3, -0.25) is 9.59 Å². The Hall–Kier alpha value is -1.59. The number of unbranched alkanes of at least 4 members (excludes halogenated alkanes) is 3. The number of carboxylic acids is 1. The molecule has 0 aliphatic carbocycles. The van der Waals surface area contributed by atoms with E-state index in [1.165, 1.54) is 0 Å². The Morgan fingerprint density at radius 3 is 2.56 bits per heavy atom. The van der Waals surface area contributed by atoms with E-state index in [0.717, 1.165) is 25.7 Å². The van der Waals surface area contributed by atoms with Gasteiger partial charge in [0.2, 0.25) is 12.3 Å². The van der Waals surface area contributed by atoms with Crippen LogP contribution in [0.3, 0.4) is 0 Å². The highest BCUT2D eigenvalue weighted by Gasteiger charge is 2.18. The van der Waals surface area contributed by atoms with Crippen LogP contribution < -0.4 is 10.6 Å². The molecule has 0 spiro atoms. The average molecular weight is 258 g/mol. The first-order chi connectivity index (χ1) is 8.61. The molecule has 0 aromatic carbocycles. The maximum atomic E-state index is 11.5. The lowest BCUT2D eigenvalue weighted by Crippen LogP contribution is -2.42. The molecule has 0 rings (SSSR count). The molecule has 0 aromatic heterocycles. The third-order valence-corrected chi connectivity index (χ3v) is 2.55. The van der Waals surface area contributed by atoms with Crippen molar-refractivity contribution in [3.8, 4) is 0 Å². The second kappa shape index (κ2) is 10.6. The molecule has 0 aromatic rings. The SMILES string of the molecule is CCCCCCC(=O)NC(CCNC=O)C(=O)O. The summed E-state index contributed by atoms with van der Waals surface area (Å²) in [7, 11) is 0. The lowest BCUT2D eigenvalue weighted by molar-refractivity contribution is -0.142. The third kappa shape index (κ3) is 8.55. The minimum atomic E-state index is -1.08. The lowest BCUT2D eigenvalue weighted by atomic mass is 10.1. The molecule has 6 nitrogen and oxygen atoms in total. The molecule has 0 saturated carbocycles. The number of amides is 2. The highest BCUT2D eigenvalue weighted by molar-refractivity contribution is 5.83. The summed E-state index contributed by atoms with van der Waals surface area (Å²) in [6.45, 7) is 2.32. The van der Waals surface area contributed by atoms with Gasteiger partial charge in [0.1, 0.15) is 6.04 Å². The van der Waals surface area contributed by atoms with Gasteiger partial charge in [0.25, 0.3) is 0 Å². The molecule has 0 bridgehead atoms. The standard InChI is InChI=1S/C12H22N2O4/c1-2-3-4-5-6-11(16)14-10(12(17)18)7-8-13-9-15/h9-10H,2-8H2,1H3,(H,13,15)(H,14,16)(H,17,18). The predicted molar refractivity (Wildman–Crippen MR) is 67.0 cm³/mol. The normalized spacial score (nSPS) is 11.6. The molecule has 0 aliphatic rings. The highest BCUT2D eigenvalue weighted by atomic mass is 16.4. The van der Waals surface area contributed by atoms with Crippen LogP contribution in [0.25, 0.3) is 0 Å². The Bertz CT molecular complexity index is 269. The van der Waals surface area contributed by atoms with Crippen molar-refractivity contribution in [1.82, 2.24) is 10.6 Å². The van der Waals surface area contributed by atoms with Gasteiger partial charge in [-0.25, -0.2) is 4.79 Å². The van der Waals surface area contributed by atoms with Gasteiger partial charge in [0, 0.05) is 13.0 Å². The summed E-state index contributed by atoms with van der Waals surface area (Å²) in [5.74, 6) is -1.32. The van der Waals surface area contributed by atoms with Crippen LogP contribution in [0, 0.1) is 0 Å². The zero-order chi connectivity index (χ0) is 13.8. The van der Waals surface area contributed by atoms with E-state index in [0.29, 0.717) is 12.8 Å². The summed E-state index contributed by atoms with van der Waals surface area (Å²) >= 11 is 0. The van der Waals surface area contributed by atoms with E-state index in [4.69, 9.17) is 5.11 Å². The van der Waals surface area contributed by atoms with Crippen molar-refractivity contribution in [2.45, 2.75) is 51.5 Å². The van der Waals surface area contributed by atoms with E-state index in [1.54, 1.807) is 0 Å². The van der Waals surface area contributed by atoms with Gasteiger partial charge in [-0.15, -0.1) is 0 Å². The van der Waals surface area contributed by atoms with E-state index in [9.17, 15) is 14.4 Å². The Morgan fingerprint density at radius 2 is 2.00 bits per heavy atom. The highest BCUT2D eigenvalue weighted by Crippen LogP contribution is 2.03. The number of hydrogen-bond donors (Lipinski definition) is 3. The molecule has 1 atom stereocenters. The average Bonchev–Trinajstić information content (AvgIpc) is 2.33. The van der Waals surface area contributed by atoms with Gasteiger partial charge >= 0.3 is 5.97 Å². The number of rotatable bonds is 11. The smallest absolute Gasteiger partial charge is 0.326 e. The molecule has 3 N–H and O–H groups in total. The Morgan fingerprint density at radius 1 is 1.28 bits per heavy atom. The van der Waals surface area contributed by atoms with Crippen LogP contribution in [-0.4, -0.2) is 36.0 Å². The molecule has 0 fully saturated rings. The molecule has 0 aliphatic heterocycles. The van der Waals surface area contributed by atoms with Crippen molar-refractivity contribution in [3.63, 3.8) is 0 Å². The van der Waals surface area contributed by atoms with Crippen LogP contribution in [0.5, 0.6) is 0 Å².